The molecule has 0 amide bonds. The topological polar surface area (TPSA) is 76.3 Å². The minimum Gasteiger partial charge on any atom is -0.339 e. The SMILES string of the molecule is Cc1sc(-c2noc(C3CC3)n2)cc1S(=O)(=O)N1CCc2ccccc21. The number of nitrogens with zero attached hydrogens (tertiary/aromatic N) is 3. The molecule has 2 aliphatic rings. The van der Waals surface area contributed by atoms with Crippen molar-refractivity contribution in [2.45, 2.75) is 37.0 Å². The lowest BCUT2D eigenvalue weighted by Crippen LogP contribution is -2.29. The number of fused-ring (bicyclic) bond motifs is 1. The molecule has 1 aromatic carbocycles. The van der Waals surface area contributed by atoms with Crippen LogP contribution in [0, 0.1) is 6.92 Å². The zero-order chi connectivity index (χ0) is 17.9. The van der Waals surface area contributed by atoms with Crippen molar-refractivity contribution in [1.29, 1.82) is 0 Å². The molecule has 0 bridgehead atoms. The number of hydrogen-bond acceptors (Lipinski definition) is 6. The number of hydrogen-bond donors (Lipinski definition) is 0. The summed E-state index contributed by atoms with van der Waals surface area (Å²) >= 11 is 1.39. The first-order chi connectivity index (χ1) is 12.5. The number of rotatable bonds is 4. The van der Waals surface area contributed by atoms with Crippen molar-refractivity contribution in [2.24, 2.45) is 0 Å². The fraction of sp³-hybridized carbons (Fsp3) is 0.333. The maximum absolute atomic E-state index is 13.3. The van der Waals surface area contributed by atoms with Crippen LogP contribution in [0.15, 0.2) is 39.8 Å². The molecular formula is C18H17N3O3S2. The van der Waals surface area contributed by atoms with Gasteiger partial charge >= 0.3 is 0 Å². The van der Waals surface area contributed by atoms with E-state index in [1.54, 1.807) is 6.07 Å². The van der Waals surface area contributed by atoms with Crippen LogP contribution >= 0.6 is 11.3 Å². The molecule has 0 N–H and O–H groups in total. The fourth-order valence-corrected chi connectivity index (χ4v) is 6.33. The van der Waals surface area contributed by atoms with E-state index < -0.39 is 10.0 Å². The van der Waals surface area contributed by atoms with Gasteiger partial charge in [-0.15, -0.1) is 11.3 Å². The molecule has 6 nitrogen and oxygen atoms in total. The molecule has 0 saturated heterocycles. The van der Waals surface area contributed by atoms with Crippen LogP contribution in [-0.4, -0.2) is 25.1 Å². The molecule has 3 heterocycles. The predicted octanol–water partition coefficient (Wildman–Crippen LogP) is 3.74. The first kappa shape index (κ1) is 16.0. The standard InChI is InChI=1S/C18H17N3O3S2/c1-11-16(10-15(25-11)17-19-18(24-20-17)13-6-7-13)26(22,23)21-9-8-12-4-2-3-5-14(12)21/h2-5,10,13H,6-9H2,1H3. The molecule has 134 valence electrons. The number of benzene rings is 1. The Bertz CT molecular complexity index is 1100. The summed E-state index contributed by atoms with van der Waals surface area (Å²) in [6.07, 6.45) is 2.90. The van der Waals surface area contributed by atoms with E-state index in [1.807, 2.05) is 31.2 Å². The Hall–Kier alpha value is -2.19. The highest BCUT2D eigenvalue weighted by atomic mass is 32.2. The Balaban J connectivity index is 1.52. The van der Waals surface area contributed by atoms with Crippen molar-refractivity contribution >= 4 is 27.0 Å². The lowest BCUT2D eigenvalue weighted by molar-refractivity contribution is 0.380. The van der Waals surface area contributed by atoms with Crippen molar-refractivity contribution < 1.29 is 12.9 Å². The zero-order valence-corrected chi connectivity index (χ0v) is 15.8. The lowest BCUT2D eigenvalue weighted by Gasteiger charge is -2.19. The Labute approximate surface area is 155 Å². The number of aryl methyl sites for hydroxylation is 1. The fourth-order valence-electron chi connectivity index (χ4n) is 3.34. The van der Waals surface area contributed by atoms with E-state index in [-0.39, 0.29) is 0 Å². The average Bonchev–Trinajstić information content (AvgIpc) is 3.06. The summed E-state index contributed by atoms with van der Waals surface area (Å²) < 4.78 is 33.3. The minimum atomic E-state index is -3.61. The summed E-state index contributed by atoms with van der Waals surface area (Å²) in [6.45, 7) is 2.30. The first-order valence-corrected chi connectivity index (χ1v) is 10.8. The highest BCUT2D eigenvalue weighted by Crippen LogP contribution is 2.41. The lowest BCUT2D eigenvalue weighted by atomic mass is 10.2. The highest BCUT2D eigenvalue weighted by molar-refractivity contribution is 7.93. The van der Waals surface area contributed by atoms with Gasteiger partial charge in [0.25, 0.3) is 10.0 Å². The van der Waals surface area contributed by atoms with Gasteiger partial charge in [0.05, 0.1) is 10.6 Å². The first-order valence-electron chi connectivity index (χ1n) is 8.59. The summed E-state index contributed by atoms with van der Waals surface area (Å²) in [5.41, 5.74) is 1.84. The van der Waals surface area contributed by atoms with Crippen LogP contribution in [0.2, 0.25) is 0 Å². The van der Waals surface area contributed by atoms with Gasteiger partial charge in [-0.3, -0.25) is 4.31 Å². The van der Waals surface area contributed by atoms with Gasteiger partial charge in [-0.2, -0.15) is 4.98 Å². The third-order valence-electron chi connectivity index (χ3n) is 4.87. The molecule has 1 aliphatic heterocycles. The third-order valence-corrected chi connectivity index (χ3v) is 7.99. The molecule has 0 radical (unpaired) electrons. The molecule has 26 heavy (non-hydrogen) atoms. The van der Waals surface area contributed by atoms with Crippen LogP contribution in [0.3, 0.4) is 0 Å². The van der Waals surface area contributed by atoms with E-state index in [1.165, 1.54) is 15.6 Å². The van der Waals surface area contributed by atoms with Crippen molar-refractivity contribution in [3.05, 3.63) is 46.7 Å². The summed E-state index contributed by atoms with van der Waals surface area (Å²) in [5, 5.41) is 4.03. The number of para-hydroxylation sites is 1. The predicted molar refractivity (Wildman–Crippen MR) is 99.0 cm³/mol. The molecule has 8 heteroatoms. The maximum Gasteiger partial charge on any atom is 0.265 e. The average molecular weight is 387 g/mol. The summed E-state index contributed by atoms with van der Waals surface area (Å²) in [5.74, 6) is 1.51. The quantitative estimate of drug-likeness (QED) is 0.682. The number of aromatic nitrogens is 2. The minimum absolute atomic E-state index is 0.326. The largest absolute Gasteiger partial charge is 0.339 e. The maximum atomic E-state index is 13.3. The Morgan fingerprint density at radius 3 is 2.88 bits per heavy atom. The molecular weight excluding hydrogens is 370 g/mol. The van der Waals surface area contributed by atoms with Crippen molar-refractivity contribution in [3.63, 3.8) is 0 Å². The van der Waals surface area contributed by atoms with E-state index in [0.717, 1.165) is 40.3 Å². The molecule has 2 aromatic heterocycles. The molecule has 0 unspecified atom stereocenters. The van der Waals surface area contributed by atoms with E-state index in [4.69, 9.17) is 4.52 Å². The van der Waals surface area contributed by atoms with Gasteiger partial charge < -0.3 is 4.52 Å². The van der Waals surface area contributed by atoms with E-state index in [0.29, 0.717) is 29.1 Å². The van der Waals surface area contributed by atoms with Gasteiger partial charge in [0, 0.05) is 17.3 Å². The van der Waals surface area contributed by atoms with E-state index >= 15 is 0 Å². The molecule has 1 fully saturated rings. The van der Waals surface area contributed by atoms with Crippen LogP contribution in [-0.2, 0) is 16.4 Å². The molecule has 1 saturated carbocycles. The Morgan fingerprint density at radius 1 is 1.27 bits per heavy atom. The molecule has 5 rings (SSSR count). The summed E-state index contributed by atoms with van der Waals surface area (Å²) in [7, 11) is -3.61. The van der Waals surface area contributed by atoms with Crippen LogP contribution < -0.4 is 4.31 Å². The summed E-state index contributed by atoms with van der Waals surface area (Å²) in [4.78, 5) is 6.23. The van der Waals surface area contributed by atoms with Crippen LogP contribution in [0.25, 0.3) is 10.7 Å². The highest BCUT2D eigenvalue weighted by Gasteiger charge is 2.34. The van der Waals surface area contributed by atoms with E-state index in [2.05, 4.69) is 10.1 Å². The monoisotopic (exact) mass is 387 g/mol. The third kappa shape index (κ3) is 2.47. The number of anilines is 1. The van der Waals surface area contributed by atoms with Gasteiger partial charge in [0.1, 0.15) is 4.90 Å². The van der Waals surface area contributed by atoms with Crippen LogP contribution in [0.5, 0.6) is 0 Å². The van der Waals surface area contributed by atoms with Crippen LogP contribution in [0.1, 0.15) is 35.1 Å². The van der Waals surface area contributed by atoms with Gasteiger partial charge in [0.2, 0.25) is 11.7 Å². The smallest absolute Gasteiger partial charge is 0.265 e. The normalized spacial score (nSPS) is 16.9. The second-order valence-electron chi connectivity index (χ2n) is 6.72. The Morgan fingerprint density at radius 2 is 2.08 bits per heavy atom. The summed E-state index contributed by atoms with van der Waals surface area (Å²) in [6, 6.07) is 9.34. The molecule has 0 atom stereocenters. The molecule has 3 aromatic rings. The van der Waals surface area contributed by atoms with Gasteiger partial charge in [0.15, 0.2) is 0 Å². The second-order valence-corrected chi connectivity index (χ2v) is 9.80. The zero-order valence-electron chi connectivity index (χ0n) is 14.2. The second kappa shape index (κ2) is 5.65. The van der Waals surface area contributed by atoms with Crippen molar-refractivity contribution in [2.75, 3.05) is 10.8 Å². The molecule has 0 spiro atoms. The number of sulfonamides is 1. The van der Waals surface area contributed by atoms with Gasteiger partial charge in [-0.1, -0.05) is 23.4 Å². The Kier molecular flexibility index (Phi) is 3.48. The van der Waals surface area contributed by atoms with Crippen LogP contribution in [0.4, 0.5) is 5.69 Å². The van der Waals surface area contributed by atoms with Gasteiger partial charge in [-0.05, 0) is 43.9 Å². The molecule has 1 aliphatic carbocycles. The van der Waals surface area contributed by atoms with Gasteiger partial charge in [-0.25, -0.2) is 8.42 Å². The van der Waals surface area contributed by atoms with E-state index in [9.17, 15) is 8.42 Å². The van der Waals surface area contributed by atoms with Crippen molar-refractivity contribution in [3.8, 4) is 10.7 Å². The number of thiophene rings is 1. The van der Waals surface area contributed by atoms with Crippen molar-refractivity contribution in [1.82, 2.24) is 10.1 Å².